The summed E-state index contributed by atoms with van der Waals surface area (Å²) in [6, 6.07) is 2.14. The molecule has 0 saturated carbocycles. The number of aryl methyl sites for hydroxylation is 1. The molecule has 0 radical (unpaired) electrons. The first-order valence-corrected chi connectivity index (χ1v) is 6.04. The maximum Gasteiger partial charge on any atom is 0.142 e. The Morgan fingerprint density at radius 1 is 0.850 bits per heavy atom. The molecule has 2 aromatic carbocycles. The molecule has 0 amide bonds. The summed E-state index contributed by atoms with van der Waals surface area (Å²) in [6.07, 6.45) is 0. The molecule has 0 heterocycles. The van der Waals surface area contributed by atoms with Crippen LogP contribution < -0.4 is 5.73 Å². The summed E-state index contributed by atoms with van der Waals surface area (Å²) in [4.78, 5) is 0. The summed E-state index contributed by atoms with van der Waals surface area (Å²) in [5.41, 5.74) is 5.53. The second-order valence-corrected chi connectivity index (χ2v) is 4.80. The molecular formula is C14H10ClF4N. The van der Waals surface area contributed by atoms with Crippen LogP contribution in [0.2, 0.25) is 5.02 Å². The molecule has 0 aromatic heterocycles. The fourth-order valence-electron chi connectivity index (χ4n) is 1.86. The molecule has 1 atom stereocenters. The van der Waals surface area contributed by atoms with Crippen LogP contribution in [0.4, 0.5) is 17.6 Å². The van der Waals surface area contributed by atoms with Gasteiger partial charge in [-0.25, -0.2) is 17.6 Å². The number of halogens is 5. The van der Waals surface area contributed by atoms with Gasteiger partial charge in [0.05, 0.1) is 11.1 Å². The van der Waals surface area contributed by atoms with Crippen molar-refractivity contribution < 1.29 is 17.6 Å². The number of hydrogen-bond donors (Lipinski definition) is 1. The van der Waals surface area contributed by atoms with Gasteiger partial charge in [0.1, 0.15) is 23.3 Å². The van der Waals surface area contributed by atoms with Gasteiger partial charge in [-0.05, 0) is 30.7 Å². The van der Waals surface area contributed by atoms with E-state index in [1.165, 1.54) is 13.0 Å². The van der Waals surface area contributed by atoms with Gasteiger partial charge in [0.2, 0.25) is 0 Å². The zero-order valence-corrected chi connectivity index (χ0v) is 11.1. The van der Waals surface area contributed by atoms with Crippen LogP contribution in [0.15, 0.2) is 24.3 Å². The predicted molar refractivity (Wildman–Crippen MR) is 68.5 cm³/mol. The van der Waals surface area contributed by atoms with E-state index in [1.54, 1.807) is 0 Å². The van der Waals surface area contributed by atoms with Gasteiger partial charge in [0.15, 0.2) is 0 Å². The smallest absolute Gasteiger partial charge is 0.142 e. The molecular weight excluding hydrogens is 294 g/mol. The van der Waals surface area contributed by atoms with E-state index in [0.717, 1.165) is 12.1 Å². The average molecular weight is 304 g/mol. The monoisotopic (exact) mass is 303 g/mol. The van der Waals surface area contributed by atoms with Crippen LogP contribution in [0, 0.1) is 30.2 Å². The third-order valence-corrected chi connectivity index (χ3v) is 3.28. The van der Waals surface area contributed by atoms with Gasteiger partial charge in [-0.1, -0.05) is 11.6 Å². The standard InChI is InChI=1S/C14H10ClF4N/c1-6-2-7(12(18)5-10(6)16)14(20)8-3-13(19)9(15)4-11(8)17/h2-5,14H,20H2,1H3. The Bertz CT molecular complexity index is 615. The van der Waals surface area contributed by atoms with Crippen molar-refractivity contribution in [1.29, 1.82) is 0 Å². The van der Waals surface area contributed by atoms with E-state index in [9.17, 15) is 17.6 Å². The molecule has 2 N–H and O–H groups in total. The third kappa shape index (κ3) is 2.64. The number of hydrogen-bond acceptors (Lipinski definition) is 1. The highest BCUT2D eigenvalue weighted by Crippen LogP contribution is 2.29. The minimum atomic E-state index is -1.26. The third-order valence-electron chi connectivity index (χ3n) is 2.99. The molecule has 0 aliphatic rings. The van der Waals surface area contributed by atoms with Gasteiger partial charge in [0, 0.05) is 17.2 Å². The number of benzene rings is 2. The fourth-order valence-corrected chi connectivity index (χ4v) is 2.01. The molecule has 0 aliphatic heterocycles. The van der Waals surface area contributed by atoms with Crippen molar-refractivity contribution in [2.75, 3.05) is 0 Å². The minimum absolute atomic E-state index is 0.121. The quantitative estimate of drug-likeness (QED) is 0.651. The predicted octanol–water partition coefficient (Wildman–Crippen LogP) is 4.25. The van der Waals surface area contributed by atoms with Crippen molar-refractivity contribution in [1.82, 2.24) is 0 Å². The van der Waals surface area contributed by atoms with E-state index in [2.05, 4.69) is 0 Å². The van der Waals surface area contributed by atoms with Crippen molar-refractivity contribution in [2.24, 2.45) is 5.73 Å². The normalized spacial score (nSPS) is 12.6. The molecule has 0 saturated heterocycles. The molecule has 6 heteroatoms. The molecule has 0 aliphatic carbocycles. The van der Waals surface area contributed by atoms with Crippen molar-refractivity contribution in [3.8, 4) is 0 Å². The van der Waals surface area contributed by atoms with Crippen LogP contribution in [0.1, 0.15) is 22.7 Å². The van der Waals surface area contributed by atoms with Crippen LogP contribution in [0.3, 0.4) is 0 Å². The summed E-state index contributed by atoms with van der Waals surface area (Å²) in [5, 5.41) is -0.394. The molecule has 20 heavy (non-hydrogen) atoms. The van der Waals surface area contributed by atoms with Crippen LogP contribution >= 0.6 is 11.6 Å². The lowest BCUT2D eigenvalue weighted by Gasteiger charge is -2.16. The highest BCUT2D eigenvalue weighted by Gasteiger charge is 2.20. The summed E-state index contributed by atoms with van der Waals surface area (Å²) in [7, 11) is 0. The topological polar surface area (TPSA) is 26.0 Å². The van der Waals surface area contributed by atoms with Crippen molar-refractivity contribution >= 4 is 11.6 Å². The van der Waals surface area contributed by atoms with E-state index in [1.807, 2.05) is 0 Å². The molecule has 2 rings (SSSR count). The molecule has 106 valence electrons. The van der Waals surface area contributed by atoms with Crippen LogP contribution in [-0.2, 0) is 0 Å². The molecule has 0 fully saturated rings. The zero-order chi connectivity index (χ0) is 15.0. The molecule has 0 bridgehead atoms. The number of rotatable bonds is 2. The van der Waals surface area contributed by atoms with Crippen molar-refractivity contribution in [2.45, 2.75) is 13.0 Å². The van der Waals surface area contributed by atoms with Gasteiger partial charge in [-0.15, -0.1) is 0 Å². The Labute approximate surface area is 118 Å². The Morgan fingerprint density at radius 2 is 1.40 bits per heavy atom. The van der Waals surface area contributed by atoms with Gasteiger partial charge in [-0.3, -0.25) is 0 Å². The SMILES string of the molecule is Cc1cc(C(N)c2cc(F)c(Cl)cc2F)c(F)cc1F. The molecule has 2 aromatic rings. The highest BCUT2D eigenvalue weighted by atomic mass is 35.5. The lowest BCUT2D eigenvalue weighted by molar-refractivity contribution is 0.548. The van der Waals surface area contributed by atoms with E-state index in [4.69, 9.17) is 17.3 Å². The highest BCUT2D eigenvalue weighted by molar-refractivity contribution is 6.30. The minimum Gasteiger partial charge on any atom is -0.320 e. The fraction of sp³-hybridized carbons (Fsp3) is 0.143. The Balaban J connectivity index is 2.54. The lowest BCUT2D eigenvalue weighted by atomic mass is 9.97. The second kappa shape index (κ2) is 5.42. The van der Waals surface area contributed by atoms with Crippen LogP contribution in [0.25, 0.3) is 0 Å². The van der Waals surface area contributed by atoms with Gasteiger partial charge >= 0.3 is 0 Å². The van der Waals surface area contributed by atoms with Crippen molar-refractivity contribution in [3.63, 3.8) is 0 Å². The Morgan fingerprint density at radius 3 is 2.05 bits per heavy atom. The number of nitrogens with two attached hydrogens (primary N) is 1. The second-order valence-electron chi connectivity index (χ2n) is 4.39. The largest absolute Gasteiger partial charge is 0.320 e. The first-order valence-electron chi connectivity index (χ1n) is 5.66. The first-order chi connectivity index (χ1) is 9.31. The van der Waals surface area contributed by atoms with E-state index in [0.29, 0.717) is 6.07 Å². The summed E-state index contributed by atoms with van der Waals surface area (Å²) in [6.45, 7) is 1.42. The molecule has 1 unspecified atom stereocenters. The van der Waals surface area contributed by atoms with Crippen LogP contribution in [0.5, 0.6) is 0 Å². The summed E-state index contributed by atoms with van der Waals surface area (Å²) in [5.74, 6) is -3.38. The van der Waals surface area contributed by atoms with E-state index < -0.39 is 34.3 Å². The first kappa shape index (κ1) is 14.8. The maximum atomic E-state index is 13.8. The van der Waals surface area contributed by atoms with Gasteiger partial charge < -0.3 is 5.73 Å². The Kier molecular flexibility index (Phi) is 4.01. The van der Waals surface area contributed by atoms with Gasteiger partial charge in [-0.2, -0.15) is 0 Å². The molecule has 0 spiro atoms. The average Bonchev–Trinajstić information content (AvgIpc) is 2.37. The molecule has 1 nitrogen and oxygen atoms in total. The Hall–Kier alpha value is -1.59. The lowest BCUT2D eigenvalue weighted by Crippen LogP contribution is -2.16. The summed E-state index contributed by atoms with van der Waals surface area (Å²) >= 11 is 5.43. The van der Waals surface area contributed by atoms with E-state index >= 15 is 0 Å². The van der Waals surface area contributed by atoms with Crippen molar-refractivity contribution in [3.05, 3.63) is 69.2 Å². The van der Waals surface area contributed by atoms with E-state index in [-0.39, 0.29) is 16.7 Å². The van der Waals surface area contributed by atoms with Gasteiger partial charge in [0.25, 0.3) is 0 Å². The maximum absolute atomic E-state index is 13.8. The summed E-state index contributed by atoms with van der Waals surface area (Å²) < 4.78 is 54.0. The zero-order valence-electron chi connectivity index (χ0n) is 10.4. The van der Waals surface area contributed by atoms with Crippen LogP contribution in [-0.4, -0.2) is 0 Å².